The number of hydrogen-bond acceptors (Lipinski definition) is 3. The van der Waals surface area contributed by atoms with Gasteiger partial charge in [0.1, 0.15) is 10.9 Å². The van der Waals surface area contributed by atoms with Gasteiger partial charge >= 0.3 is 0 Å². The molecule has 1 aliphatic rings. The van der Waals surface area contributed by atoms with E-state index in [-0.39, 0.29) is 5.92 Å². The minimum Gasteiger partial charge on any atom is -0.341 e. The number of allylic oxidation sites excluding steroid dienone is 4. The Hall–Kier alpha value is -2.74. The summed E-state index contributed by atoms with van der Waals surface area (Å²) in [4.78, 5) is 9.48. The van der Waals surface area contributed by atoms with Crippen molar-refractivity contribution in [2.24, 2.45) is 0 Å². The highest BCUT2D eigenvalue weighted by molar-refractivity contribution is 7.99. The maximum absolute atomic E-state index is 9.05. The predicted molar refractivity (Wildman–Crippen MR) is 110 cm³/mol. The third-order valence-electron chi connectivity index (χ3n) is 4.35. The monoisotopic (exact) mass is 389 g/mol. The molecule has 1 atom stereocenters. The van der Waals surface area contributed by atoms with E-state index < -0.39 is 0 Å². The SMILES string of the molecule is N#Cc1ccc(-c2[nH]c(C3C=CC=CC3)nc2Sc2ccc(Cl)cc2)cc1. The molecule has 0 saturated carbocycles. The molecule has 0 radical (unpaired) electrons. The molecule has 1 aliphatic carbocycles. The maximum atomic E-state index is 9.05. The van der Waals surface area contributed by atoms with Crippen molar-refractivity contribution >= 4 is 23.4 Å². The number of aromatic nitrogens is 2. The first-order chi connectivity index (χ1) is 13.2. The summed E-state index contributed by atoms with van der Waals surface area (Å²) >= 11 is 7.61. The fourth-order valence-electron chi connectivity index (χ4n) is 2.93. The molecule has 2 aromatic carbocycles. The number of nitriles is 1. The zero-order chi connectivity index (χ0) is 18.6. The maximum Gasteiger partial charge on any atom is 0.127 e. The lowest BCUT2D eigenvalue weighted by molar-refractivity contribution is 0.784. The van der Waals surface area contributed by atoms with Crippen molar-refractivity contribution in [3.63, 3.8) is 0 Å². The standard InChI is InChI=1S/C22H16ClN3S/c23-18-10-12-19(13-11-18)27-22-20(16-8-6-15(14-24)7-9-16)25-21(26-22)17-4-2-1-3-5-17/h1-4,6-13,17H,5H2,(H,25,26). The van der Waals surface area contributed by atoms with Crippen molar-refractivity contribution < 1.29 is 0 Å². The first-order valence-corrected chi connectivity index (χ1v) is 9.79. The molecule has 0 amide bonds. The molecule has 1 aromatic heterocycles. The van der Waals surface area contributed by atoms with E-state index in [1.54, 1.807) is 11.8 Å². The molecule has 3 aromatic rings. The fourth-order valence-corrected chi connectivity index (χ4v) is 3.97. The molecule has 1 unspecified atom stereocenters. The van der Waals surface area contributed by atoms with Crippen LogP contribution >= 0.6 is 23.4 Å². The molecule has 1 N–H and O–H groups in total. The van der Waals surface area contributed by atoms with Gasteiger partial charge in [-0.25, -0.2) is 4.98 Å². The van der Waals surface area contributed by atoms with Crippen molar-refractivity contribution in [2.75, 3.05) is 0 Å². The van der Waals surface area contributed by atoms with Crippen LogP contribution in [0.25, 0.3) is 11.3 Å². The van der Waals surface area contributed by atoms with Gasteiger partial charge in [0.15, 0.2) is 0 Å². The molecule has 3 nitrogen and oxygen atoms in total. The number of halogens is 1. The quantitative estimate of drug-likeness (QED) is 0.565. The van der Waals surface area contributed by atoms with Crippen LogP contribution in [0.5, 0.6) is 0 Å². The molecule has 0 spiro atoms. The number of benzene rings is 2. The van der Waals surface area contributed by atoms with Gasteiger partial charge in [-0.2, -0.15) is 5.26 Å². The lowest BCUT2D eigenvalue weighted by atomic mass is 10.0. The van der Waals surface area contributed by atoms with Crippen LogP contribution < -0.4 is 0 Å². The van der Waals surface area contributed by atoms with Crippen LogP contribution in [0.4, 0.5) is 0 Å². The summed E-state index contributed by atoms with van der Waals surface area (Å²) in [7, 11) is 0. The lowest BCUT2D eigenvalue weighted by Gasteiger charge is -2.09. The van der Waals surface area contributed by atoms with Crippen LogP contribution in [0.3, 0.4) is 0 Å². The molecule has 4 rings (SSSR count). The van der Waals surface area contributed by atoms with E-state index in [4.69, 9.17) is 21.8 Å². The van der Waals surface area contributed by atoms with Crippen molar-refractivity contribution in [3.05, 3.63) is 89.2 Å². The Bertz CT molecular complexity index is 1040. The third-order valence-corrected chi connectivity index (χ3v) is 5.60. The van der Waals surface area contributed by atoms with Crippen LogP contribution in [-0.2, 0) is 0 Å². The smallest absolute Gasteiger partial charge is 0.127 e. The Morgan fingerprint density at radius 1 is 1.07 bits per heavy atom. The molecule has 0 fully saturated rings. The first-order valence-electron chi connectivity index (χ1n) is 8.60. The number of imidazole rings is 1. The molecule has 0 aliphatic heterocycles. The highest BCUT2D eigenvalue weighted by Crippen LogP contribution is 2.37. The summed E-state index contributed by atoms with van der Waals surface area (Å²) in [5.41, 5.74) is 2.63. The minimum atomic E-state index is 0.242. The molecular weight excluding hydrogens is 374 g/mol. The number of rotatable bonds is 4. The number of nitrogens with one attached hydrogen (secondary N) is 1. The first kappa shape index (κ1) is 17.7. The van der Waals surface area contributed by atoms with Gasteiger partial charge in [-0.3, -0.25) is 0 Å². The Balaban J connectivity index is 1.73. The van der Waals surface area contributed by atoms with Crippen LogP contribution in [0.15, 0.2) is 82.8 Å². The second-order valence-electron chi connectivity index (χ2n) is 6.20. The summed E-state index contributed by atoms with van der Waals surface area (Å²) in [5.74, 6) is 1.19. The molecular formula is C22H16ClN3S. The van der Waals surface area contributed by atoms with Crippen molar-refractivity contribution in [1.82, 2.24) is 9.97 Å². The Kier molecular flexibility index (Phi) is 5.15. The topological polar surface area (TPSA) is 52.5 Å². The van der Waals surface area contributed by atoms with Crippen molar-refractivity contribution in [3.8, 4) is 17.3 Å². The Labute approximate surface area is 167 Å². The Morgan fingerprint density at radius 2 is 1.85 bits per heavy atom. The average molecular weight is 390 g/mol. The van der Waals surface area contributed by atoms with E-state index in [0.29, 0.717) is 10.6 Å². The summed E-state index contributed by atoms with van der Waals surface area (Å²) in [6, 6.07) is 17.5. The van der Waals surface area contributed by atoms with Gasteiger partial charge in [0.05, 0.1) is 17.3 Å². The van der Waals surface area contributed by atoms with Gasteiger partial charge in [-0.1, -0.05) is 59.8 Å². The van der Waals surface area contributed by atoms with Gasteiger partial charge in [-0.05, 0) is 42.8 Å². The lowest BCUT2D eigenvalue weighted by Crippen LogP contribution is -1.98. The highest BCUT2D eigenvalue weighted by Gasteiger charge is 2.19. The molecule has 5 heteroatoms. The second kappa shape index (κ2) is 7.87. The third kappa shape index (κ3) is 4.00. The van der Waals surface area contributed by atoms with E-state index in [1.165, 1.54) is 0 Å². The second-order valence-corrected chi connectivity index (χ2v) is 7.70. The highest BCUT2D eigenvalue weighted by atomic mass is 35.5. The number of H-pyrrole nitrogens is 1. The van der Waals surface area contributed by atoms with Gasteiger partial charge < -0.3 is 4.98 Å². The van der Waals surface area contributed by atoms with E-state index >= 15 is 0 Å². The van der Waals surface area contributed by atoms with Gasteiger partial charge in [0, 0.05) is 21.4 Å². The fraction of sp³-hybridized carbons (Fsp3) is 0.0909. The van der Waals surface area contributed by atoms with Crippen LogP contribution in [-0.4, -0.2) is 9.97 Å². The number of nitrogens with zero attached hydrogens (tertiary/aromatic N) is 2. The summed E-state index contributed by atoms with van der Waals surface area (Å²) in [6.45, 7) is 0. The van der Waals surface area contributed by atoms with Gasteiger partial charge in [0.25, 0.3) is 0 Å². The zero-order valence-corrected chi connectivity index (χ0v) is 16.0. The predicted octanol–water partition coefficient (Wildman–Crippen LogP) is 6.35. The van der Waals surface area contributed by atoms with Gasteiger partial charge in [-0.15, -0.1) is 0 Å². The number of hydrogen-bond donors (Lipinski definition) is 1. The molecule has 27 heavy (non-hydrogen) atoms. The largest absolute Gasteiger partial charge is 0.341 e. The zero-order valence-electron chi connectivity index (χ0n) is 14.4. The summed E-state index contributed by atoms with van der Waals surface area (Å²) in [6.07, 6.45) is 9.37. The summed E-state index contributed by atoms with van der Waals surface area (Å²) < 4.78 is 0. The van der Waals surface area contributed by atoms with Crippen LogP contribution in [0.2, 0.25) is 5.02 Å². The molecule has 132 valence electrons. The van der Waals surface area contributed by atoms with Gasteiger partial charge in [0.2, 0.25) is 0 Å². The normalized spacial score (nSPS) is 15.6. The molecule has 1 heterocycles. The summed E-state index contributed by atoms with van der Waals surface area (Å²) in [5, 5.41) is 10.7. The van der Waals surface area contributed by atoms with E-state index in [0.717, 1.165) is 33.4 Å². The molecule has 0 saturated heterocycles. The van der Waals surface area contributed by atoms with E-state index in [1.807, 2.05) is 48.5 Å². The van der Waals surface area contributed by atoms with Crippen molar-refractivity contribution in [2.45, 2.75) is 22.3 Å². The van der Waals surface area contributed by atoms with E-state index in [9.17, 15) is 0 Å². The number of aromatic amines is 1. The van der Waals surface area contributed by atoms with Crippen LogP contribution in [0, 0.1) is 11.3 Å². The van der Waals surface area contributed by atoms with Crippen molar-refractivity contribution in [1.29, 1.82) is 5.26 Å². The average Bonchev–Trinajstić information content (AvgIpc) is 3.14. The minimum absolute atomic E-state index is 0.242. The van der Waals surface area contributed by atoms with Crippen LogP contribution in [0.1, 0.15) is 23.7 Å². The van der Waals surface area contributed by atoms with E-state index in [2.05, 4.69) is 35.4 Å². The Morgan fingerprint density at radius 3 is 2.52 bits per heavy atom. The molecule has 0 bridgehead atoms.